The second-order valence-corrected chi connectivity index (χ2v) is 8.90. The van der Waals surface area contributed by atoms with Crippen LogP contribution in [0.4, 0.5) is 22.7 Å². The van der Waals surface area contributed by atoms with E-state index in [2.05, 4.69) is 15.3 Å². The molecule has 0 radical (unpaired) electrons. The molecule has 4 rings (SSSR count). The highest BCUT2D eigenvalue weighted by Gasteiger charge is 2.34. The van der Waals surface area contributed by atoms with Gasteiger partial charge in [0.2, 0.25) is 5.91 Å². The molecule has 0 saturated heterocycles. The first-order chi connectivity index (χ1) is 16.4. The second kappa shape index (κ2) is 8.73. The molecule has 0 aliphatic rings. The maximum atomic E-state index is 13.6. The van der Waals surface area contributed by atoms with Gasteiger partial charge in [0.05, 0.1) is 34.3 Å². The van der Waals surface area contributed by atoms with E-state index in [1.165, 1.54) is 37.0 Å². The maximum Gasteiger partial charge on any atom is 0.419 e. The number of hydrogen-bond donors (Lipinski definition) is 1. The zero-order valence-electron chi connectivity index (χ0n) is 18.5. The molecule has 1 amide bonds. The van der Waals surface area contributed by atoms with E-state index in [0.717, 1.165) is 22.0 Å². The van der Waals surface area contributed by atoms with Crippen LogP contribution < -0.4 is 16.6 Å². The summed E-state index contributed by atoms with van der Waals surface area (Å²) < 4.78 is 55.1. The van der Waals surface area contributed by atoms with Gasteiger partial charge < -0.3 is 5.32 Å². The summed E-state index contributed by atoms with van der Waals surface area (Å²) in [4.78, 5) is 46.3. The van der Waals surface area contributed by atoms with Gasteiger partial charge in [-0.05, 0) is 31.2 Å². The number of halogens is 4. The molecular formula is C22H17F4N5O3S. The van der Waals surface area contributed by atoms with Gasteiger partial charge in [-0.25, -0.2) is 14.2 Å². The molecule has 0 aliphatic heterocycles. The van der Waals surface area contributed by atoms with Crippen LogP contribution in [0.5, 0.6) is 0 Å². The van der Waals surface area contributed by atoms with Crippen LogP contribution >= 0.6 is 11.3 Å². The Kier molecular flexibility index (Phi) is 6.05. The summed E-state index contributed by atoms with van der Waals surface area (Å²) in [6, 6.07) is 4.06. The molecule has 1 N–H and O–H groups in total. The number of aryl methyl sites for hydroxylation is 2. The van der Waals surface area contributed by atoms with Crippen LogP contribution in [0, 0.1) is 12.7 Å². The van der Waals surface area contributed by atoms with Crippen molar-refractivity contribution in [1.82, 2.24) is 19.1 Å². The zero-order chi connectivity index (χ0) is 25.7. The van der Waals surface area contributed by atoms with Crippen molar-refractivity contribution in [2.24, 2.45) is 14.1 Å². The fourth-order valence-corrected chi connectivity index (χ4v) is 4.50. The van der Waals surface area contributed by atoms with E-state index in [4.69, 9.17) is 0 Å². The Morgan fingerprint density at radius 2 is 1.86 bits per heavy atom. The molecule has 3 aromatic heterocycles. The third-order valence-corrected chi connectivity index (χ3v) is 6.26. The number of nitrogens with one attached hydrogen (secondary N) is 1. The molecule has 1 aromatic carbocycles. The van der Waals surface area contributed by atoms with E-state index >= 15 is 0 Å². The van der Waals surface area contributed by atoms with Crippen molar-refractivity contribution in [3.8, 4) is 11.3 Å². The molecule has 0 unspecified atom stereocenters. The summed E-state index contributed by atoms with van der Waals surface area (Å²) in [6.07, 6.45) is -3.80. The summed E-state index contributed by atoms with van der Waals surface area (Å²) in [6.45, 7) is 1.61. The minimum atomic E-state index is -4.87. The lowest BCUT2D eigenvalue weighted by molar-refractivity contribution is -0.140. The first-order valence-electron chi connectivity index (χ1n) is 10.1. The van der Waals surface area contributed by atoms with E-state index < -0.39 is 34.7 Å². The molecule has 0 atom stereocenters. The summed E-state index contributed by atoms with van der Waals surface area (Å²) >= 11 is 1.03. The van der Waals surface area contributed by atoms with Crippen LogP contribution in [0.25, 0.3) is 22.2 Å². The number of nitrogens with zero attached hydrogens (tertiary/aromatic N) is 4. The summed E-state index contributed by atoms with van der Waals surface area (Å²) in [5.74, 6) is -1.97. The fraction of sp³-hybridized carbons (Fsp3) is 0.227. The van der Waals surface area contributed by atoms with E-state index in [9.17, 15) is 31.9 Å². The van der Waals surface area contributed by atoms with Gasteiger partial charge in [0, 0.05) is 30.7 Å². The van der Waals surface area contributed by atoms with E-state index in [-0.39, 0.29) is 33.9 Å². The van der Waals surface area contributed by atoms with Gasteiger partial charge in [-0.2, -0.15) is 13.2 Å². The van der Waals surface area contributed by atoms with Crippen molar-refractivity contribution in [1.29, 1.82) is 0 Å². The Labute approximate surface area is 198 Å². The molecule has 4 aromatic rings. The monoisotopic (exact) mass is 507 g/mol. The smallest absolute Gasteiger partial charge is 0.302 e. The number of carbonyl (C=O) groups is 1. The molecule has 0 saturated carbocycles. The van der Waals surface area contributed by atoms with Crippen LogP contribution in [0.3, 0.4) is 0 Å². The van der Waals surface area contributed by atoms with Crippen molar-refractivity contribution in [3.63, 3.8) is 0 Å². The first kappa shape index (κ1) is 24.3. The number of aromatic nitrogens is 4. The van der Waals surface area contributed by atoms with Crippen molar-refractivity contribution >= 4 is 33.3 Å². The van der Waals surface area contributed by atoms with Gasteiger partial charge in [0.1, 0.15) is 5.82 Å². The van der Waals surface area contributed by atoms with Gasteiger partial charge in [-0.15, -0.1) is 11.3 Å². The largest absolute Gasteiger partial charge is 0.419 e. The van der Waals surface area contributed by atoms with Gasteiger partial charge in [-0.3, -0.25) is 23.7 Å². The van der Waals surface area contributed by atoms with Crippen LogP contribution in [0.15, 0.2) is 40.1 Å². The van der Waals surface area contributed by atoms with Crippen LogP contribution in [0.2, 0.25) is 0 Å². The van der Waals surface area contributed by atoms with Gasteiger partial charge >= 0.3 is 11.9 Å². The van der Waals surface area contributed by atoms with Gasteiger partial charge in [0.15, 0.2) is 5.13 Å². The number of rotatable bonds is 4. The first-order valence-corrected chi connectivity index (χ1v) is 10.9. The number of fused-ring (bicyclic) bond motifs is 1. The molecule has 3 heterocycles. The third-order valence-electron chi connectivity index (χ3n) is 5.38. The summed E-state index contributed by atoms with van der Waals surface area (Å²) in [7, 11) is 2.81. The average molecular weight is 507 g/mol. The Hall–Kier alpha value is -3.87. The molecule has 182 valence electrons. The highest BCUT2D eigenvalue weighted by atomic mass is 32.1. The molecule has 0 fully saturated rings. The standard InChI is InChI=1S/C22H17F4N5O3S/c1-10-18(11-4-5-13(23)12(8-11)22(24,25)26)29-20(35-10)28-16(32)9-14-17-15(6-7-27-14)30(2)21(34)31(3)19(17)33/h4-8H,9H2,1-3H3,(H,28,29,32). The SMILES string of the molecule is Cc1sc(NC(=O)Cc2nccc3c2c(=O)n(C)c(=O)n3C)nc1-c1ccc(F)c(C(F)(F)F)c1. The molecular weight excluding hydrogens is 490 g/mol. The van der Waals surface area contributed by atoms with Gasteiger partial charge in [0.25, 0.3) is 5.56 Å². The van der Waals surface area contributed by atoms with E-state index in [0.29, 0.717) is 16.5 Å². The van der Waals surface area contributed by atoms with Gasteiger partial charge in [-0.1, -0.05) is 0 Å². The van der Waals surface area contributed by atoms with Crippen LogP contribution in [-0.4, -0.2) is 25.0 Å². The average Bonchev–Trinajstić information content (AvgIpc) is 3.15. The van der Waals surface area contributed by atoms with Crippen LogP contribution in [-0.2, 0) is 31.5 Å². The van der Waals surface area contributed by atoms with Crippen LogP contribution in [0.1, 0.15) is 16.1 Å². The molecule has 8 nitrogen and oxygen atoms in total. The highest BCUT2D eigenvalue weighted by molar-refractivity contribution is 7.16. The number of amides is 1. The Morgan fingerprint density at radius 3 is 2.54 bits per heavy atom. The van der Waals surface area contributed by atoms with Crippen molar-refractivity contribution in [2.45, 2.75) is 19.5 Å². The quantitative estimate of drug-likeness (QED) is 0.427. The number of benzene rings is 1. The molecule has 0 aliphatic carbocycles. The Balaban J connectivity index is 1.63. The Bertz CT molecular complexity index is 1600. The number of hydrogen-bond acceptors (Lipinski definition) is 6. The molecule has 0 spiro atoms. The topological polar surface area (TPSA) is 98.9 Å². The third kappa shape index (κ3) is 4.46. The lowest BCUT2D eigenvalue weighted by Crippen LogP contribution is -2.37. The number of anilines is 1. The van der Waals surface area contributed by atoms with Crippen molar-refractivity contribution in [3.05, 3.63) is 73.3 Å². The Morgan fingerprint density at radius 1 is 1.14 bits per heavy atom. The summed E-state index contributed by atoms with van der Waals surface area (Å²) in [5, 5.41) is 2.79. The molecule has 13 heteroatoms. The number of alkyl halides is 3. The fourth-order valence-electron chi connectivity index (χ4n) is 3.65. The normalized spacial score (nSPS) is 11.7. The predicted molar refractivity (Wildman–Crippen MR) is 122 cm³/mol. The highest BCUT2D eigenvalue weighted by Crippen LogP contribution is 2.36. The molecule has 0 bridgehead atoms. The number of pyridine rings is 1. The number of carbonyl (C=O) groups excluding carboxylic acids is 1. The van der Waals surface area contributed by atoms with Crippen molar-refractivity contribution < 1.29 is 22.4 Å². The minimum absolute atomic E-state index is 0.0492. The van der Waals surface area contributed by atoms with E-state index in [1.807, 2.05) is 0 Å². The van der Waals surface area contributed by atoms with Crippen molar-refractivity contribution in [2.75, 3.05) is 5.32 Å². The predicted octanol–water partition coefficient (Wildman–Crippen LogP) is 3.40. The lowest BCUT2D eigenvalue weighted by Gasteiger charge is -2.10. The lowest BCUT2D eigenvalue weighted by atomic mass is 10.1. The molecule has 35 heavy (non-hydrogen) atoms. The number of thiazole rings is 1. The zero-order valence-corrected chi connectivity index (χ0v) is 19.3. The summed E-state index contributed by atoms with van der Waals surface area (Å²) in [5.41, 5.74) is -1.84. The van der Waals surface area contributed by atoms with E-state index in [1.54, 1.807) is 6.92 Å². The second-order valence-electron chi connectivity index (χ2n) is 7.70. The minimum Gasteiger partial charge on any atom is -0.302 e. The maximum absolute atomic E-state index is 13.6.